The molecule has 1 aliphatic rings. The maximum absolute atomic E-state index is 12.2. The van der Waals surface area contributed by atoms with Crippen LogP contribution in [0.15, 0.2) is 18.5 Å². The zero-order valence-electron chi connectivity index (χ0n) is 11.1. The summed E-state index contributed by atoms with van der Waals surface area (Å²) in [6.45, 7) is 0.904. The lowest BCUT2D eigenvalue weighted by Gasteiger charge is -2.32. The van der Waals surface area contributed by atoms with Crippen molar-refractivity contribution in [3.8, 4) is 5.75 Å². The second-order valence-electron chi connectivity index (χ2n) is 4.85. The third kappa shape index (κ3) is 3.67. The van der Waals surface area contributed by atoms with Crippen LogP contribution in [0.4, 0.5) is 0 Å². The number of likely N-dealkylation sites (tertiary alicyclic amines) is 1. The number of aromatic hydroxyl groups is 1. The van der Waals surface area contributed by atoms with Crippen LogP contribution in [0, 0.1) is 0 Å². The van der Waals surface area contributed by atoms with Crippen LogP contribution < -0.4 is 4.72 Å². The lowest BCUT2D eigenvalue weighted by Crippen LogP contribution is -2.46. The van der Waals surface area contributed by atoms with Gasteiger partial charge in [0.05, 0.1) is 18.0 Å². The Morgan fingerprint density at radius 1 is 1.45 bits per heavy atom. The summed E-state index contributed by atoms with van der Waals surface area (Å²) in [6, 6.07) is 1.33. The first kappa shape index (κ1) is 14.7. The molecule has 1 aromatic heterocycles. The zero-order valence-corrected chi connectivity index (χ0v) is 11.9. The Morgan fingerprint density at radius 2 is 2.10 bits per heavy atom. The van der Waals surface area contributed by atoms with Gasteiger partial charge in [0.15, 0.2) is 0 Å². The molecule has 0 saturated carbocycles. The molecule has 8 heteroatoms. The smallest absolute Gasteiger partial charge is 0.257 e. The van der Waals surface area contributed by atoms with E-state index in [4.69, 9.17) is 0 Å². The van der Waals surface area contributed by atoms with Gasteiger partial charge in [0.1, 0.15) is 5.75 Å². The maximum Gasteiger partial charge on any atom is 0.257 e. The second kappa shape index (κ2) is 5.76. The Balaban J connectivity index is 1.97. The lowest BCUT2D eigenvalue weighted by atomic mass is 10.1. The number of rotatable bonds is 3. The van der Waals surface area contributed by atoms with Crippen LogP contribution in [-0.2, 0) is 10.0 Å². The first-order chi connectivity index (χ1) is 9.37. The van der Waals surface area contributed by atoms with Crippen LogP contribution in [0.2, 0.25) is 0 Å². The van der Waals surface area contributed by atoms with Gasteiger partial charge in [0, 0.05) is 25.3 Å². The number of pyridine rings is 1. The topological polar surface area (TPSA) is 99.6 Å². The Labute approximate surface area is 117 Å². The largest absolute Gasteiger partial charge is 0.505 e. The third-order valence-corrected chi connectivity index (χ3v) is 3.95. The summed E-state index contributed by atoms with van der Waals surface area (Å²) in [5.74, 6) is -0.406. The molecule has 110 valence electrons. The van der Waals surface area contributed by atoms with Gasteiger partial charge >= 0.3 is 0 Å². The second-order valence-corrected chi connectivity index (χ2v) is 6.63. The first-order valence-corrected chi connectivity index (χ1v) is 8.15. The minimum atomic E-state index is -3.22. The highest BCUT2D eigenvalue weighted by atomic mass is 32.2. The SMILES string of the molecule is CS(=O)(=O)NC1CCN(C(=O)c2ccncc2O)CC1. The highest BCUT2D eigenvalue weighted by Gasteiger charge is 2.26. The van der Waals surface area contributed by atoms with E-state index in [2.05, 4.69) is 9.71 Å². The number of sulfonamides is 1. The Hall–Kier alpha value is -1.67. The molecule has 0 bridgehead atoms. The van der Waals surface area contributed by atoms with Crippen LogP contribution in [-0.4, -0.2) is 54.7 Å². The van der Waals surface area contributed by atoms with Crippen molar-refractivity contribution in [3.05, 3.63) is 24.0 Å². The van der Waals surface area contributed by atoms with Crippen molar-refractivity contribution < 1.29 is 18.3 Å². The van der Waals surface area contributed by atoms with Gasteiger partial charge in [-0.25, -0.2) is 13.1 Å². The van der Waals surface area contributed by atoms with Crippen LogP contribution in [0.3, 0.4) is 0 Å². The summed E-state index contributed by atoms with van der Waals surface area (Å²) in [4.78, 5) is 17.5. The molecule has 1 aromatic rings. The number of nitrogens with one attached hydrogen (secondary N) is 1. The highest BCUT2D eigenvalue weighted by Crippen LogP contribution is 2.19. The molecular weight excluding hydrogens is 282 g/mol. The fourth-order valence-corrected chi connectivity index (χ4v) is 3.08. The van der Waals surface area contributed by atoms with Gasteiger partial charge in [-0.3, -0.25) is 9.78 Å². The van der Waals surface area contributed by atoms with Crippen molar-refractivity contribution in [1.82, 2.24) is 14.6 Å². The van der Waals surface area contributed by atoms with E-state index in [0.717, 1.165) is 6.26 Å². The summed E-state index contributed by atoms with van der Waals surface area (Å²) < 4.78 is 24.8. The fourth-order valence-electron chi connectivity index (χ4n) is 2.24. The van der Waals surface area contributed by atoms with Crippen LogP contribution in [0.1, 0.15) is 23.2 Å². The summed E-state index contributed by atoms with van der Waals surface area (Å²) in [5, 5.41) is 9.61. The molecule has 1 amide bonds. The summed E-state index contributed by atoms with van der Waals surface area (Å²) in [7, 11) is -3.22. The summed E-state index contributed by atoms with van der Waals surface area (Å²) in [5.41, 5.74) is 0.217. The minimum absolute atomic E-state index is 0.139. The van der Waals surface area contributed by atoms with Gasteiger partial charge in [0.25, 0.3) is 5.91 Å². The quantitative estimate of drug-likeness (QED) is 0.814. The van der Waals surface area contributed by atoms with E-state index in [1.165, 1.54) is 18.5 Å². The molecule has 20 heavy (non-hydrogen) atoms. The normalized spacial score (nSPS) is 17.1. The van der Waals surface area contributed by atoms with Gasteiger partial charge < -0.3 is 10.0 Å². The molecule has 2 rings (SSSR count). The van der Waals surface area contributed by atoms with Crippen molar-refractivity contribution in [2.24, 2.45) is 0 Å². The number of piperidine rings is 1. The molecule has 0 radical (unpaired) electrons. The average molecular weight is 299 g/mol. The van der Waals surface area contributed by atoms with Crippen LogP contribution in [0.25, 0.3) is 0 Å². The number of carbonyl (C=O) groups is 1. The van der Waals surface area contributed by atoms with Crippen molar-refractivity contribution in [2.45, 2.75) is 18.9 Å². The average Bonchev–Trinajstić information content (AvgIpc) is 2.37. The molecular formula is C12H17N3O4S. The standard InChI is InChI=1S/C12H17N3O4S/c1-20(18,19)14-9-3-6-15(7-4-9)12(17)10-2-5-13-8-11(10)16/h2,5,8-9,14,16H,3-4,6-7H2,1H3. The molecule has 1 saturated heterocycles. The van der Waals surface area contributed by atoms with Gasteiger partial charge in [-0.15, -0.1) is 0 Å². The lowest BCUT2D eigenvalue weighted by molar-refractivity contribution is 0.0708. The molecule has 0 atom stereocenters. The molecule has 0 spiro atoms. The number of hydrogen-bond acceptors (Lipinski definition) is 5. The number of carbonyl (C=O) groups excluding carboxylic acids is 1. The number of nitrogens with zero attached hydrogens (tertiary/aromatic N) is 2. The van der Waals surface area contributed by atoms with Crippen molar-refractivity contribution in [2.75, 3.05) is 19.3 Å². The van der Waals surface area contributed by atoms with E-state index in [0.29, 0.717) is 25.9 Å². The third-order valence-electron chi connectivity index (χ3n) is 3.19. The van der Waals surface area contributed by atoms with E-state index < -0.39 is 10.0 Å². The fraction of sp³-hybridized carbons (Fsp3) is 0.500. The molecule has 1 aliphatic heterocycles. The van der Waals surface area contributed by atoms with Gasteiger partial charge in [-0.1, -0.05) is 0 Å². The molecule has 0 aliphatic carbocycles. The zero-order chi connectivity index (χ0) is 14.8. The van der Waals surface area contributed by atoms with Gasteiger partial charge in [-0.2, -0.15) is 0 Å². The monoisotopic (exact) mass is 299 g/mol. The van der Waals surface area contributed by atoms with Gasteiger partial charge in [-0.05, 0) is 18.9 Å². The van der Waals surface area contributed by atoms with Crippen molar-refractivity contribution in [1.29, 1.82) is 0 Å². The van der Waals surface area contributed by atoms with E-state index >= 15 is 0 Å². The Morgan fingerprint density at radius 3 is 2.65 bits per heavy atom. The van der Waals surface area contributed by atoms with E-state index in [1.54, 1.807) is 4.90 Å². The predicted octanol–water partition coefficient (Wildman–Crippen LogP) is -0.0590. The Kier molecular flexibility index (Phi) is 4.24. The molecule has 2 heterocycles. The summed E-state index contributed by atoms with van der Waals surface area (Å²) in [6.07, 6.45) is 4.92. The Bertz CT molecular complexity index is 594. The molecule has 7 nitrogen and oxygen atoms in total. The van der Waals surface area contributed by atoms with E-state index in [-0.39, 0.29) is 23.3 Å². The highest BCUT2D eigenvalue weighted by molar-refractivity contribution is 7.88. The van der Waals surface area contributed by atoms with Crippen LogP contribution in [0.5, 0.6) is 5.75 Å². The minimum Gasteiger partial charge on any atom is -0.505 e. The first-order valence-electron chi connectivity index (χ1n) is 6.26. The van der Waals surface area contributed by atoms with Gasteiger partial charge in [0.2, 0.25) is 10.0 Å². The van der Waals surface area contributed by atoms with E-state index in [1.807, 2.05) is 0 Å². The van der Waals surface area contributed by atoms with Crippen molar-refractivity contribution >= 4 is 15.9 Å². The molecule has 0 unspecified atom stereocenters. The number of hydrogen-bond donors (Lipinski definition) is 2. The van der Waals surface area contributed by atoms with E-state index in [9.17, 15) is 18.3 Å². The van der Waals surface area contributed by atoms with Crippen molar-refractivity contribution in [3.63, 3.8) is 0 Å². The number of amides is 1. The van der Waals surface area contributed by atoms with Crippen LogP contribution >= 0.6 is 0 Å². The molecule has 1 fully saturated rings. The molecule has 0 aromatic carbocycles. The number of aromatic nitrogens is 1. The predicted molar refractivity (Wildman–Crippen MR) is 72.8 cm³/mol. The maximum atomic E-state index is 12.2. The summed E-state index contributed by atoms with van der Waals surface area (Å²) >= 11 is 0. The molecule has 2 N–H and O–H groups in total.